The van der Waals surface area contributed by atoms with Crippen LogP contribution < -0.4 is 42.5 Å². The Kier molecular flexibility index (Phi) is 8.50. The monoisotopic (exact) mass is 616 g/mol. The summed E-state index contributed by atoms with van der Waals surface area (Å²) in [6.07, 6.45) is 17.9. The lowest BCUT2D eigenvalue weighted by molar-refractivity contribution is -0.0695. The molecule has 4 aliphatic carbocycles. The van der Waals surface area contributed by atoms with Gasteiger partial charge in [-0.25, -0.2) is 0 Å². The molecular weight excluding hydrogens is 556 g/mol. The first-order chi connectivity index (χ1) is 20.6. The van der Waals surface area contributed by atoms with Crippen molar-refractivity contribution in [3.63, 3.8) is 0 Å². The van der Waals surface area contributed by atoms with Gasteiger partial charge in [-0.2, -0.15) is 0 Å². The minimum absolute atomic E-state index is 0. The molecule has 0 radical (unpaired) electrons. The Bertz CT molecular complexity index is 995. The van der Waals surface area contributed by atoms with Crippen molar-refractivity contribution in [2.75, 3.05) is 0 Å². The summed E-state index contributed by atoms with van der Waals surface area (Å²) in [4.78, 5) is 0. The van der Waals surface area contributed by atoms with Gasteiger partial charge in [0.15, 0.2) is 0 Å². The minimum atomic E-state index is -0.698. The molecule has 43 heavy (non-hydrogen) atoms. The number of aliphatic hydroxyl groups excluding tert-OH is 2. The zero-order valence-electron chi connectivity index (χ0n) is 25.2. The summed E-state index contributed by atoms with van der Waals surface area (Å²) in [6.45, 7) is 0. The van der Waals surface area contributed by atoms with E-state index in [2.05, 4.69) is 42.5 Å². The molecule has 0 aromatic rings. The SMILES string of the molecule is OC1CCC2C3NC4NC(NC5NC(NC6NC(NC(N3)C2C1O)C1CCCCC61)C1CCCCC51)C1CCCCC41.[SiH4]. The van der Waals surface area contributed by atoms with Crippen molar-refractivity contribution in [3.05, 3.63) is 0 Å². The van der Waals surface area contributed by atoms with E-state index in [9.17, 15) is 10.2 Å². The largest absolute Gasteiger partial charge is 0.390 e. The third-order valence-corrected chi connectivity index (χ3v) is 14.0. The first kappa shape index (κ1) is 30.2. The van der Waals surface area contributed by atoms with Gasteiger partial charge in [0.1, 0.15) is 0 Å². The Morgan fingerprint density at radius 1 is 0.326 bits per heavy atom. The van der Waals surface area contributed by atoms with Gasteiger partial charge in [0.2, 0.25) is 0 Å². The summed E-state index contributed by atoms with van der Waals surface area (Å²) in [5.74, 6) is 4.14. The topological polar surface area (TPSA) is 137 Å². The Hall–Kier alpha value is -0.183. The molecule has 4 saturated carbocycles. The van der Waals surface area contributed by atoms with Crippen LogP contribution in [-0.2, 0) is 0 Å². The number of fused-ring (bicyclic) bond motifs is 20. The highest BCUT2D eigenvalue weighted by atomic mass is 28.1. The molecular formula is C32H60N8O2Si. The average Bonchev–Trinajstić information content (AvgIpc) is 3.74. The van der Waals surface area contributed by atoms with Crippen LogP contribution in [-0.4, -0.2) is 82.7 Å². The van der Waals surface area contributed by atoms with Gasteiger partial charge in [-0.3, -0.25) is 42.5 Å². The molecule has 18 atom stereocenters. The second kappa shape index (κ2) is 12.1. The molecule has 0 spiro atoms. The summed E-state index contributed by atoms with van der Waals surface area (Å²) in [6, 6.07) is 0. The molecule has 0 aromatic heterocycles. The summed E-state index contributed by atoms with van der Waals surface area (Å²) in [5, 5.41) is 54.9. The first-order valence-electron chi connectivity index (χ1n) is 18.1. The molecule has 0 aromatic carbocycles. The Balaban J connectivity index is 0.00000278. The highest BCUT2D eigenvalue weighted by Crippen LogP contribution is 2.45. The molecule has 5 heterocycles. The van der Waals surface area contributed by atoms with Gasteiger partial charge >= 0.3 is 0 Å². The molecule has 244 valence electrons. The van der Waals surface area contributed by atoms with Crippen LogP contribution in [0.2, 0.25) is 0 Å². The van der Waals surface area contributed by atoms with Gasteiger partial charge in [-0.1, -0.05) is 38.5 Å². The van der Waals surface area contributed by atoms with Crippen LogP contribution in [0.25, 0.3) is 0 Å². The number of nitrogens with one attached hydrogen (secondary N) is 8. The third kappa shape index (κ3) is 5.12. The van der Waals surface area contributed by atoms with Gasteiger partial charge in [0, 0.05) is 5.92 Å². The van der Waals surface area contributed by atoms with E-state index in [4.69, 9.17) is 0 Å². The molecule has 0 amide bonds. The van der Waals surface area contributed by atoms with E-state index >= 15 is 0 Å². The van der Waals surface area contributed by atoms with Crippen molar-refractivity contribution in [3.8, 4) is 0 Å². The molecule has 9 rings (SSSR count). The van der Waals surface area contributed by atoms with E-state index in [1.54, 1.807) is 0 Å². The predicted molar refractivity (Wildman–Crippen MR) is 171 cm³/mol. The molecule has 10 nitrogen and oxygen atoms in total. The lowest BCUT2D eigenvalue weighted by atomic mass is 9.74. The highest BCUT2D eigenvalue weighted by molar-refractivity contribution is 5.75. The van der Waals surface area contributed by atoms with Gasteiger partial charge in [-0.05, 0) is 104 Å². The van der Waals surface area contributed by atoms with Gasteiger partial charge in [0.05, 0.1) is 61.5 Å². The van der Waals surface area contributed by atoms with Crippen molar-refractivity contribution >= 4 is 11.0 Å². The number of hydrogen-bond donors (Lipinski definition) is 10. The Morgan fingerprint density at radius 2 is 0.605 bits per heavy atom. The fourth-order valence-electron chi connectivity index (χ4n) is 12.0. The predicted octanol–water partition coefficient (Wildman–Crippen LogP) is -0.904. The summed E-state index contributed by atoms with van der Waals surface area (Å²) >= 11 is 0. The van der Waals surface area contributed by atoms with Crippen LogP contribution >= 0.6 is 0 Å². The lowest BCUT2D eigenvalue weighted by Crippen LogP contribution is -2.62. The van der Waals surface area contributed by atoms with Crippen LogP contribution in [0.5, 0.6) is 0 Å². The van der Waals surface area contributed by atoms with E-state index in [1.807, 2.05) is 0 Å². The molecule has 11 heteroatoms. The second-order valence-electron chi connectivity index (χ2n) is 15.9. The van der Waals surface area contributed by atoms with Crippen molar-refractivity contribution in [1.82, 2.24) is 42.5 Å². The molecule has 18 unspecified atom stereocenters. The standard InChI is InChI=1S/C32H56N8O2.H4Si/c41-22-14-13-21-23(24(22)42)32-39-30-20-12-6-5-11-19(20)28(37-30)35-26-16-8-2-1-7-15(16)25(33-26)34-27-17-9-3-4-10-18(17)29(36-27)38-31(21)40-32;/h15-42H,1-14H2;1H4. The van der Waals surface area contributed by atoms with Crippen molar-refractivity contribution < 1.29 is 10.2 Å². The van der Waals surface area contributed by atoms with Crippen LogP contribution in [0.4, 0.5) is 0 Å². The Labute approximate surface area is 262 Å². The minimum Gasteiger partial charge on any atom is -0.390 e. The molecule has 8 bridgehead atoms. The number of aliphatic hydroxyl groups is 2. The van der Waals surface area contributed by atoms with Gasteiger partial charge < -0.3 is 10.2 Å². The average molecular weight is 617 g/mol. The van der Waals surface area contributed by atoms with Crippen molar-refractivity contribution in [2.24, 2.45) is 47.3 Å². The fourth-order valence-corrected chi connectivity index (χ4v) is 12.0. The van der Waals surface area contributed by atoms with Crippen molar-refractivity contribution in [2.45, 2.75) is 151 Å². The van der Waals surface area contributed by atoms with Gasteiger partial charge in [-0.15, -0.1) is 0 Å². The molecule has 5 saturated heterocycles. The summed E-state index contributed by atoms with van der Waals surface area (Å²) < 4.78 is 0. The lowest BCUT2D eigenvalue weighted by Gasteiger charge is -2.39. The molecule has 5 aliphatic heterocycles. The van der Waals surface area contributed by atoms with E-state index in [0.717, 1.165) is 6.42 Å². The molecule has 9 fully saturated rings. The van der Waals surface area contributed by atoms with E-state index in [1.165, 1.54) is 77.0 Å². The second-order valence-corrected chi connectivity index (χ2v) is 15.9. The van der Waals surface area contributed by atoms with Crippen LogP contribution in [0, 0.1) is 47.3 Å². The van der Waals surface area contributed by atoms with Gasteiger partial charge in [0.25, 0.3) is 0 Å². The third-order valence-electron chi connectivity index (χ3n) is 14.0. The number of hydrogen-bond acceptors (Lipinski definition) is 10. The Morgan fingerprint density at radius 3 is 0.930 bits per heavy atom. The zero-order valence-corrected chi connectivity index (χ0v) is 25.2. The van der Waals surface area contributed by atoms with E-state index in [0.29, 0.717) is 72.5 Å². The molecule has 10 N–H and O–H groups in total. The summed E-state index contributed by atoms with van der Waals surface area (Å²) in [5.41, 5.74) is 0. The number of rotatable bonds is 0. The normalized spacial score (nSPS) is 57.6. The quantitative estimate of drug-likeness (QED) is 0.156. The van der Waals surface area contributed by atoms with Crippen LogP contribution in [0.1, 0.15) is 89.9 Å². The van der Waals surface area contributed by atoms with Crippen molar-refractivity contribution in [1.29, 1.82) is 0 Å². The highest BCUT2D eigenvalue weighted by Gasteiger charge is 2.56. The fraction of sp³-hybridized carbons (Fsp3) is 1.00. The maximum absolute atomic E-state index is 11.4. The maximum Gasteiger partial charge on any atom is 0.0858 e. The zero-order chi connectivity index (χ0) is 27.9. The maximum atomic E-state index is 11.4. The smallest absolute Gasteiger partial charge is 0.0858 e. The van der Waals surface area contributed by atoms with Crippen LogP contribution in [0.3, 0.4) is 0 Å². The van der Waals surface area contributed by atoms with Crippen LogP contribution in [0.15, 0.2) is 0 Å². The summed E-state index contributed by atoms with van der Waals surface area (Å²) in [7, 11) is 0. The van der Waals surface area contributed by atoms with E-state index < -0.39 is 12.2 Å². The first-order valence-corrected chi connectivity index (χ1v) is 18.1. The molecule has 9 aliphatic rings. The van der Waals surface area contributed by atoms with E-state index in [-0.39, 0.29) is 41.5 Å².